The summed E-state index contributed by atoms with van der Waals surface area (Å²) in [6, 6.07) is 0. The van der Waals surface area contributed by atoms with Crippen molar-refractivity contribution >= 4 is 11.8 Å². The molecule has 0 heterocycles. The minimum atomic E-state index is -1.07. The first kappa shape index (κ1) is 14.0. The number of aliphatic carboxylic acids is 1. The molecule has 4 nitrogen and oxygen atoms in total. The van der Waals surface area contributed by atoms with Crippen LogP contribution in [0.5, 0.6) is 0 Å². The average Bonchev–Trinajstić information content (AvgIpc) is 2.48. The number of Topliss-reactive ketones (excluding diaryl/α,β-unsaturated/α-hetero) is 1. The molecule has 0 aromatic heterocycles. The molecule has 4 heteroatoms. The first-order chi connectivity index (χ1) is 8.77. The lowest BCUT2D eigenvalue weighted by atomic mass is 9.81. The fourth-order valence-corrected chi connectivity index (χ4v) is 3.29. The zero-order valence-electron chi connectivity index (χ0n) is 11.4. The smallest absolute Gasteiger partial charge is 0.331 e. The second-order valence-electron chi connectivity index (χ2n) is 5.84. The third-order valence-corrected chi connectivity index (χ3v) is 4.80. The van der Waals surface area contributed by atoms with E-state index < -0.39 is 11.6 Å². The van der Waals surface area contributed by atoms with Crippen LogP contribution < -0.4 is 0 Å². The van der Waals surface area contributed by atoms with Gasteiger partial charge in [-0.1, -0.05) is 13.5 Å². The van der Waals surface area contributed by atoms with E-state index in [1.807, 2.05) is 6.92 Å². The number of rotatable bonds is 2. The van der Waals surface area contributed by atoms with E-state index in [0.29, 0.717) is 24.8 Å². The van der Waals surface area contributed by atoms with Crippen molar-refractivity contribution in [1.29, 1.82) is 0 Å². The molecule has 2 aliphatic carbocycles. The molecule has 2 aliphatic rings. The number of hydrogen-bond acceptors (Lipinski definition) is 3. The lowest BCUT2D eigenvalue weighted by Crippen LogP contribution is -2.36. The molecule has 3 atom stereocenters. The van der Waals surface area contributed by atoms with Gasteiger partial charge in [-0.3, -0.25) is 4.79 Å². The molecule has 104 valence electrons. The molecule has 0 aliphatic heterocycles. The Kier molecular flexibility index (Phi) is 3.39. The van der Waals surface area contributed by atoms with E-state index >= 15 is 0 Å². The zero-order valence-corrected chi connectivity index (χ0v) is 11.4. The van der Waals surface area contributed by atoms with E-state index in [1.165, 1.54) is 0 Å². The van der Waals surface area contributed by atoms with Crippen molar-refractivity contribution in [3.8, 4) is 0 Å². The van der Waals surface area contributed by atoms with Gasteiger partial charge in [-0.2, -0.15) is 0 Å². The molecule has 0 bridgehead atoms. The lowest BCUT2D eigenvalue weighted by molar-refractivity contribution is -0.133. The van der Waals surface area contributed by atoms with Crippen LogP contribution in [0.15, 0.2) is 23.3 Å². The number of carbonyl (C=O) groups excluding carboxylic acids is 1. The van der Waals surface area contributed by atoms with Crippen LogP contribution in [0.2, 0.25) is 0 Å². The molecule has 0 spiro atoms. The fourth-order valence-electron chi connectivity index (χ4n) is 3.29. The largest absolute Gasteiger partial charge is 0.478 e. The summed E-state index contributed by atoms with van der Waals surface area (Å²) in [4.78, 5) is 22.9. The first-order valence-corrected chi connectivity index (χ1v) is 6.65. The van der Waals surface area contributed by atoms with Gasteiger partial charge < -0.3 is 10.2 Å². The normalized spacial score (nSPS) is 35.0. The highest BCUT2D eigenvalue weighted by Gasteiger charge is 2.48. The second kappa shape index (κ2) is 4.60. The molecular formula is C15H20O4. The Morgan fingerprint density at radius 2 is 2.05 bits per heavy atom. The standard InChI is InChI=1S/C15H20O4/c1-8-4-5-11(9(2)14(17)18)6-12-10(3)13(16)7-15(8,12)19/h8,11,19H,2,4-7H2,1,3H3,(H,17,18)/t8-,11+,15-/m0/s1. The van der Waals surface area contributed by atoms with Crippen LogP contribution in [0.1, 0.15) is 39.5 Å². The van der Waals surface area contributed by atoms with Gasteiger partial charge >= 0.3 is 5.97 Å². The summed E-state index contributed by atoms with van der Waals surface area (Å²) in [6.45, 7) is 7.30. The quantitative estimate of drug-likeness (QED) is 0.749. The molecule has 19 heavy (non-hydrogen) atoms. The van der Waals surface area contributed by atoms with Gasteiger partial charge in [0.2, 0.25) is 0 Å². The number of fused-ring (bicyclic) bond motifs is 1. The molecule has 0 aromatic rings. The van der Waals surface area contributed by atoms with E-state index in [9.17, 15) is 14.7 Å². The zero-order chi connectivity index (χ0) is 14.4. The molecule has 2 rings (SSSR count). The lowest BCUT2D eigenvalue weighted by Gasteiger charge is -2.30. The molecule has 2 N–H and O–H groups in total. The molecule has 0 radical (unpaired) electrons. The minimum Gasteiger partial charge on any atom is -0.478 e. The van der Waals surface area contributed by atoms with E-state index in [1.54, 1.807) is 6.92 Å². The number of carboxylic acids is 1. The van der Waals surface area contributed by atoms with Gasteiger partial charge in [-0.05, 0) is 49.2 Å². The van der Waals surface area contributed by atoms with E-state index in [2.05, 4.69) is 6.58 Å². The van der Waals surface area contributed by atoms with Crippen LogP contribution in [-0.2, 0) is 9.59 Å². The van der Waals surface area contributed by atoms with Gasteiger partial charge in [0.15, 0.2) is 5.78 Å². The molecule has 1 saturated carbocycles. The number of allylic oxidation sites excluding steroid dienone is 1. The van der Waals surface area contributed by atoms with Crippen molar-refractivity contribution < 1.29 is 19.8 Å². The summed E-state index contributed by atoms with van der Waals surface area (Å²) < 4.78 is 0. The van der Waals surface area contributed by atoms with Gasteiger partial charge in [-0.15, -0.1) is 0 Å². The van der Waals surface area contributed by atoms with Gasteiger partial charge in [0.1, 0.15) is 0 Å². The molecule has 1 fully saturated rings. The van der Waals surface area contributed by atoms with Crippen molar-refractivity contribution in [3.05, 3.63) is 23.3 Å². The third-order valence-electron chi connectivity index (χ3n) is 4.80. The van der Waals surface area contributed by atoms with Crippen molar-refractivity contribution in [3.63, 3.8) is 0 Å². The number of ketones is 1. The van der Waals surface area contributed by atoms with Crippen molar-refractivity contribution in [1.82, 2.24) is 0 Å². The summed E-state index contributed by atoms with van der Waals surface area (Å²) >= 11 is 0. The van der Waals surface area contributed by atoms with Crippen molar-refractivity contribution in [2.24, 2.45) is 11.8 Å². The Bertz CT molecular complexity index is 488. The highest BCUT2D eigenvalue weighted by atomic mass is 16.4. The third kappa shape index (κ3) is 2.14. The molecular weight excluding hydrogens is 244 g/mol. The van der Waals surface area contributed by atoms with Crippen LogP contribution in [0.3, 0.4) is 0 Å². The number of hydrogen-bond donors (Lipinski definition) is 2. The van der Waals surface area contributed by atoms with Crippen LogP contribution in [0, 0.1) is 11.8 Å². The van der Waals surface area contributed by atoms with Crippen LogP contribution in [0.25, 0.3) is 0 Å². The predicted octanol–water partition coefficient (Wildman–Crippen LogP) is 2.08. The number of aliphatic hydroxyl groups is 1. The van der Waals surface area contributed by atoms with Gasteiger partial charge in [-0.25, -0.2) is 4.79 Å². The Morgan fingerprint density at radius 1 is 1.42 bits per heavy atom. The summed E-state index contributed by atoms with van der Waals surface area (Å²) in [5.41, 5.74) is 0.444. The maximum atomic E-state index is 11.9. The van der Waals surface area contributed by atoms with E-state index in [4.69, 9.17) is 5.11 Å². The van der Waals surface area contributed by atoms with Crippen LogP contribution in [0.4, 0.5) is 0 Å². The number of carboxylic acid groups (broad SMARTS) is 1. The second-order valence-corrected chi connectivity index (χ2v) is 5.84. The monoisotopic (exact) mass is 264 g/mol. The summed E-state index contributed by atoms with van der Waals surface area (Å²) in [5.74, 6) is -1.24. The molecule has 0 aromatic carbocycles. The highest BCUT2D eigenvalue weighted by Crippen LogP contribution is 2.47. The summed E-state index contributed by atoms with van der Waals surface area (Å²) in [6.07, 6.45) is 1.97. The maximum Gasteiger partial charge on any atom is 0.331 e. The topological polar surface area (TPSA) is 74.6 Å². The minimum absolute atomic E-state index is 0.0223. The predicted molar refractivity (Wildman–Crippen MR) is 70.6 cm³/mol. The Labute approximate surface area is 112 Å². The Morgan fingerprint density at radius 3 is 2.63 bits per heavy atom. The van der Waals surface area contributed by atoms with Gasteiger partial charge in [0.05, 0.1) is 5.60 Å². The highest BCUT2D eigenvalue weighted by molar-refractivity contribution is 6.00. The van der Waals surface area contributed by atoms with E-state index in [0.717, 1.165) is 5.57 Å². The van der Waals surface area contributed by atoms with Gasteiger partial charge in [0, 0.05) is 12.0 Å². The number of carbonyl (C=O) groups is 2. The van der Waals surface area contributed by atoms with Gasteiger partial charge in [0.25, 0.3) is 0 Å². The molecule has 0 amide bonds. The average molecular weight is 264 g/mol. The molecule has 0 saturated heterocycles. The first-order valence-electron chi connectivity index (χ1n) is 6.65. The van der Waals surface area contributed by atoms with Crippen molar-refractivity contribution in [2.75, 3.05) is 0 Å². The van der Waals surface area contributed by atoms with Crippen molar-refractivity contribution in [2.45, 2.75) is 45.1 Å². The molecule has 0 unspecified atom stereocenters. The maximum absolute atomic E-state index is 11.9. The summed E-state index contributed by atoms with van der Waals surface area (Å²) in [7, 11) is 0. The van der Waals surface area contributed by atoms with E-state index in [-0.39, 0.29) is 29.6 Å². The SMILES string of the molecule is C=C(C(=O)O)[C@@H]1CC[C@H](C)[C@@]2(O)CC(=O)C(C)=C2C1. The van der Waals surface area contributed by atoms with Crippen LogP contribution in [-0.4, -0.2) is 27.6 Å². The summed E-state index contributed by atoms with van der Waals surface area (Å²) in [5, 5.41) is 19.9. The van der Waals surface area contributed by atoms with Crippen LogP contribution >= 0.6 is 0 Å². The Balaban J connectivity index is 2.39. The fraction of sp³-hybridized carbons (Fsp3) is 0.600. The Hall–Kier alpha value is -1.42.